The molecule has 2 aromatic rings. The molecule has 0 fully saturated rings. The SMILES string of the molecule is COC(=O)[C@@]1(O)c2c(oc3cc(C)cc(O)c3c2=O)O[C@@H]1CCO. The number of aliphatic hydroxyl groups is 2. The first-order chi connectivity index (χ1) is 11.3. The van der Waals surface area contributed by atoms with Gasteiger partial charge in [0, 0.05) is 13.0 Å². The Kier molecular flexibility index (Phi) is 3.73. The number of hydrogen-bond donors (Lipinski definition) is 3. The van der Waals surface area contributed by atoms with Crippen molar-refractivity contribution in [1.82, 2.24) is 0 Å². The molecule has 0 unspecified atom stereocenters. The standard InChI is InChI=1S/C16H16O8/c1-7-5-8(18)11-9(6-7)23-14-12(13(11)19)16(21,15(20)22-2)10(24-14)3-4-17/h5-6,10,17-18,21H,3-4H2,1-2H3/t10-,16+/m1/s1. The predicted octanol–water partition coefficient (Wildman–Crippen LogP) is 0.311. The Morgan fingerprint density at radius 1 is 1.42 bits per heavy atom. The second-order valence-corrected chi connectivity index (χ2v) is 5.63. The Morgan fingerprint density at radius 2 is 2.12 bits per heavy atom. The van der Waals surface area contributed by atoms with Crippen LogP contribution in [0.4, 0.5) is 0 Å². The van der Waals surface area contributed by atoms with Crippen LogP contribution in [-0.2, 0) is 15.1 Å². The van der Waals surface area contributed by atoms with E-state index in [9.17, 15) is 19.8 Å². The van der Waals surface area contributed by atoms with Gasteiger partial charge in [0.15, 0.2) is 0 Å². The van der Waals surface area contributed by atoms with Crippen LogP contribution in [0.5, 0.6) is 11.7 Å². The minimum Gasteiger partial charge on any atom is -0.507 e. The van der Waals surface area contributed by atoms with Crippen molar-refractivity contribution in [2.24, 2.45) is 0 Å². The molecule has 0 bridgehead atoms. The fraction of sp³-hybridized carbons (Fsp3) is 0.375. The van der Waals surface area contributed by atoms with Crippen molar-refractivity contribution in [2.75, 3.05) is 13.7 Å². The van der Waals surface area contributed by atoms with Gasteiger partial charge in [-0.05, 0) is 24.6 Å². The van der Waals surface area contributed by atoms with E-state index >= 15 is 0 Å². The summed E-state index contributed by atoms with van der Waals surface area (Å²) in [5.41, 5.74) is -2.96. The van der Waals surface area contributed by atoms with Crippen molar-refractivity contribution in [3.63, 3.8) is 0 Å². The molecule has 0 saturated heterocycles. The molecule has 2 heterocycles. The van der Waals surface area contributed by atoms with E-state index < -0.39 is 35.3 Å². The lowest BCUT2D eigenvalue weighted by Crippen LogP contribution is -2.48. The second kappa shape index (κ2) is 5.50. The Labute approximate surface area is 135 Å². The smallest absolute Gasteiger partial charge is 0.347 e. The first kappa shape index (κ1) is 16.3. The molecule has 8 nitrogen and oxygen atoms in total. The summed E-state index contributed by atoms with van der Waals surface area (Å²) in [6.07, 6.45) is -1.38. The first-order valence-electron chi connectivity index (χ1n) is 7.23. The largest absolute Gasteiger partial charge is 0.507 e. The van der Waals surface area contributed by atoms with E-state index in [1.807, 2.05) is 0 Å². The average molecular weight is 336 g/mol. The molecular weight excluding hydrogens is 320 g/mol. The molecule has 3 rings (SSSR count). The number of phenolic OH excluding ortho intramolecular Hbond substituents is 1. The van der Waals surface area contributed by atoms with Gasteiger partial charge in [0.05, 0.1) is 7.11 Å². The van der Waals surface area contributed by atoms with Gasteiger partial charge in [-0.1, -0.05) is 0 Å². The third kappa shape index (κ3) is 2.07. The van der Waals surface area contributed by atoms with Crippen LogP contribution in [0.1, 0.15) is 17.5 Å². The van der Waals surface area contributed by atoms with Crippen LogP contribution in [0.25, 0.3) is 11.0 Å². The highest BCUT2D eigenvalue weighted by atomic mass is 16.6. The molecular formula is C16H16O8. The third-order valence-electron chi connectivity index (χ3n) is 4.07. The number of aryl methyl sites for hydroxylation is 1. The maximum Gasteiger partial charge on any atom is 0.347 e. The fourth-order valence-electron chi connectivity index (χ4n) is 2.97. The molecule has 0 saturated carbocycles. The van der Waals surface area contributed by atoms with Crippen LogP contribution in [0, 0.1) is 6.92 Å². The van der Waals surface area contributed by atoms with Gasteiger partial charge in [-0.2, -0.15) is 0 Å². The van der Waals surface area contributed by atoms with Crippen molar-refractivity contribution in [3.05, 3.63) is 33.5 Å². The van der Waals surface area contributed by atoms with Gasteiger partial charge in [0.2, 0.25) is 11.0 Å². The number of phenols is 1. The molecule has 8 heteroatoms. The molecule has 0 radical (unpaired) electrons. The van der Waals surface area contributed by atoms with Crippen molar-refractivity contribution < 1.29 is 34.0 Å². The number of benzene rings is 1. The molecule has 1 aromatic heterocycles. The zero-order valence-electron chi connectivity index (χ0n) is 13.0. The number of fused-ring (bicyclic) bond motifs is 2. The second-order valence-electron chi connectivity index (χ2n) is 5.63. The normalized spacial score (nSPS) is 22.2. The number of aliphatic hydroxyl groups excluding tert-OH is 1. The van der Waals surface area contributed by atoms with Gasteiger partial charge in [0.1, 0.15) is 28.4 Å². The van der Waals surface area contributed by atoms with Crippen LogP contribution in [0.3, 0.4) is 0 Å². The maximum atomic E-state index is 12.8. The Hall–Kier alpha value is -2.58. The van der Waals surface area contributed by atoms with Crippen LogP contribution in [0.2, 0.25) is 0 Å². The zero-order chi connectivity index (χ0) is 17.6. The molecule has 0 amide bonds. The van der Waals surface area contributed by atoms with Crippen LogP contribution < -0.4 is 10.2 Å². The summed E-state index contributed by atoms with van der Waals surface area (Å²) in [6.45, 7) is 1.31. The summed E-state index contributed by atoms with van der Waals surface area (Å²) >= 11 is 0. The molecule has 24 heavy (non-hydrogen) atoms. The molecule has 1 aliphatic heterocycles. The highest BCUT2D eigenvalue weighted by Gasteiger charge is 2.58. The van der Waals surface area contributed by atoms with Gasteiger partial charge in [0.25, 0.3) is 5.95 Å². The van der Waals surface area contributed by atoms with Crippen molar-refractivity contribution in [2.45, 2.75) is 25.0 Å². The van der Waals surface area contributed by atoms with E-state index in [0.29, 0.717) is 5.56 Å². The Balaban J connectivity index is 2.36. The molecule has 0 aliphatic carbocycles. The zero-order valence-corrected chi connectivity index (χ0v) is 13.0. The molecule has 0 spiro atoms. The Morgan fingerprint density at radius 3 is 2.75 bits per heavy atom. The lowest BCUT2D eigenvalue weighted by molar-refractivity contribution is -0.171. The number of carbonyl (C=O) groups is 1. The molecule has 128 valence electrons. The van der Waals surface area contributed by atoms with E-state index in [-0.39, 0.29) is 29.1 Å². The highest BCUT2D eigenvalue weighted by Crippen LogP contribution is 2.43. The van der Waals surface area contributed by atoms with Crippen molar-refractivity contribution >= 4 is 16.9 Å². The molecule has 1 aliphatic rings. The third-order valence-corrected chi connectivity index (χ3v) is 4.07. The first-order valence-corrected chi connectivity index (χ1v) is 7.23. The van der Waals surface area contributed by atoms with E-state index in [1.165, 1.54) is 12.1 Å². The van der Waals surface area contributed by atoms with Crippen molar-refractivity contribution in [1.29, 1.82) is 0 Å². The quantitative estimate of drug-likeness (QED) is 0.684. The number of methoxy groups -OCH3 is 1. The minimum atomic E-state index is -2.43. The lowest BCUT2D eigenvalue weighted by atomic mass is 9.88. The van der Waals surface area contributed by atoms with Gasteiger partial charge in [-0.15, -0.1) is 0 Å². The summed E-state index contributed by atoms with van der Waals surface area (Å²) < 4.78 is 15.5. The molecule has 3 N–H and O–H groups in total. The van der Waals surface area contributed by atoms with E-state index in [1.54, 1.807) is 6.92 Å². The van der Waals surface area contributed by atoms with Gasteiger partial charge < -0.3 is 29.2 Å². The van der Waals surface area contributed by atoms with Gasteiger partial charge in [-0.25, -0.2) is 4.79 Å². The summed E-state index contributed by atoms with van der Waals surface area (Å²) in [5.74, 6) is -1.78. The predicted molar refractivity (Wildman–Crippen MR) is 80.9 cm³/mol. The monoisotopic (exact) mass is 336 g/mol. The summed E-state index contributed by atoms with van der Waals surface area (Å²) in [5, 5.41) is 29.9. The molecule has 1 aromatic carbocycles. The Bertz CT molecular complexity index is 884. The average Bonchev–Trinajstić information content (AvgIpc) is 2.79. The van der Waals surface area contributed by atoms with E-state index in [2.05, 4.69) is 4.74 Å². The molecule has 2 atom stereocenters. The van der Waals surface area contributed by atoms with Gasteiger partial charge >= 0.3 is 5.97 Å². The summed E-state index contributed by atoms with van der Waals surface area (Å²) in [7, 11) is 1.05. The number of hydrogen-bond acceptors (Lipinski definition) is 8. The van der Waals surface area contributed by atoms with E-state index in [0.717, 1.165) is 7.11 Å². The number of rotatable bonds is 3. The number of esters is 1. The maximum absolute atomic E-state index is 12.8. The topological polar surface area (TPSA) is 126 Å². The van der Waals surface area contributed by atoms with E-state index in [4.69, 9.17) is 14.3 Å². The number of ether oxygens (including phenoxy) is 2. The summed E-state index contributed by atoms with van der Waals surface area (Å²) in [6, 6.07) is 2.89. The minimum absolute atomic E-state index is 0.0631. The van der Waals surface area contributed by atoms with Crippen LogP contribution >= 0.6 is 0 Å². The van der Waals surface area contributed by atoms with Crippen LogP contribution in [0.15, 0.2) is 21.3 Å². The number of aromatic hydroxyl groups is 1. The highest BCUT2D eigenvalue weighted by molar-refractivity contribution is 5.89. The van der Waals surface area contributed by atoms with Gasteiger partial charge in [-0.3, -0.25) is 4.79 Å². The van der Waals surface area contributed by atoms with Crippen LogP contribution in [-0.4, -0.2) is 41.1 Å². The fourth-order valence-corrected chi connectivity index (χ4v) is 2.97. The van der Waals surface area contributed by atoms with Crippen molar-refractivity contribution in [3.8, 4) is 11.7 Å². The number of carbonyl (C=O) groups excluding carboxylic acids is 1. The summed E-state index contributed by atoms with van der Waals surface area (Å²) in [4.78, 5) is 24.9. The lowest BCUT2D eigenvalue weighted by Gasteiger charge is -2.24.